The first-order valence-corrected chi connectivity index (χ1v) is 11.3. The third kappa shape index (κ3) is 5.30. The number of aryl methyl sites for hydroxylation is 1. The summed E-state index contributed by atoms with van der Waals surface area (Å²) in [6.45, 7) is 8.00. The number of amides is 2. The highest BCUT2D eigenvalue weighted by Gasteiger charge is 2.38. The summed E-state index contributed by atoms with van der Waals surface area (Å²) in [5.74, 6) is -0.675. The zero-order chi connectivity index (χ0) is 23.3. The number of urea groups is 1. The highest BCUT2D eigenvalue weighted by molar-refractivity contribution is 5.95. The van der Waals surface area contributed by atoms with Gasteiger partial charge in [0.15, 0.2) is 0 Å². The highest BCUT2D eigenvalue weighted by Crippen LogP contribution is 2.32. The molecule has 0 spiro atoms. The SMILES string of the molecule is CCOC(=O)C1=C(CN2CCC(C(=O)OCC)CC2)N(C)C(=O)N[C@@H]1c1ccc(C)cc1. The summed E-state index contributed by atoms with van der Waals surface area (Å²) in [4.78, 5) is 41.5. The summed E-state index contributed by atoms with van der Waals surface area (Å²) >= 11 is 0. The fraction of sp³-hybridized carbons (Fsp3) is 0.542. The number of likely N-dealkylation sites (tertiary alicyclic amines) is 1. The number of hydrogen-bond acceptors (Lipinski definition) is 6. The fourth-order valence-electron chi connectivity index (χ4n) is 4.21. The van der Waals surface area contributed by atoms with Crippen LogP contribution in [0.1, 0.15) is 43.9 Å². The lowest BCUT2D eigenvalue weighted by Crippen LogP contribution is -2.50. The third-order valence-corrected chi connectivity index (χ3v) is 6.06. The third-order valence-electron chi connectivity index (χ3n) is 6.06. The number of benzene rings is 1. The Balaban J connectivity index is 1.88. The van der Waals surface area contributed by atoms with Gasteiger partial charge in [0.25, 0.3) is 0 Å². The largest absolute Gasteiger partial charge is 0.466 e. The molecule has 2 heterocycles. The molecule has 0 bridgehead atoms. The van der Waals surface area contributed by atoms with Gasteiger partial charge in [-0.25, -0.2) is 9.59 Å². The van der Waals surface area contributed by atoms with Crippen LogP contribution in [0.4, 0.5) is 4.79 Å². The average molecular weight is 444 g/mol. The van der Waals surface area contributed by atoms with Gasteiger partial charge in [-0.1, -0.05) is 29.8 Å². The van der Waals surface area contributed by atoms with E-state index in [2.05, 4.69) is 10.2 Å². The molecule has 0 aliphatic carbocycles. The summed E-state index contributed by atoms with van der Waals surface area (Å²) in [5.41, 5.74) is 3.01. The number of likely N-dealkylation sites (N-methyl/N-ethyl adjacent to an activating group) is 1. The molecule has 32 heavy (non-hydrogen) atoms. The van der Waals surface area contributed by atoms with Crippen LogP contribution in [0.5, 0.6) is 0 Å². The first-order valence-electron chi connectivity index (χ1n) is 11.3. The van der Waals surface area contributed by atoms with Crippen molar-refractivity contribution >= 4 is 18.0 Å². The number of rotatable bonds is 7. The molecule has 8 nitrogen and oxygen atoms in total. The van der Waals surface area contributed by atoms with Crippen LogP contribution in [0.3, 0.4) is 0 Å². The van der Waals surface area contributed by atoms with E-state index in [1.54, 1.807) is 14.0 Å². The standard InChI is InChI=1S/C24H33N3O5/c1-5-31-22(28)18-11-13-27(14-12-18)15-19-20(23(29)32-6-2)21(25-24(30)26(19)4)17-9-7-16(3)8-10-17/h7-10,18,21H,5-6,11-15H2,1-4H3,(H,25,30)/t21-/m1/s1. The number of nitrogens with zero attached hydrogens (tertiary/aromatic N) is 2. The molecule has 3 rings (SSSR count). The van der Waals surface area contributed by atoms with Crippen molar-refractivity contribution in [3.8, 4) is 0 Å². The summed E-state index contributed by atoms with van der Waals surface area (Å²) in [7, 11) is 1.67. The van der Waals surface area contributed by atoms with Crippen molar-refractivity contribution in [1.29, 1.82) is 0 Å². The molecule has 0 radical (unpaired) electrons. The van der Waals surface area contributed by atoms with E-state index in [9.17, 15) is 14.4 Å². The van der Waals surface area contributed by atoms with Crippen LogP contribution in [-0.2, 0) is 19.1 Å². The second kappa shape index (κ2) is 10.6. The number of hydrogen-bond donors (Lipinski definition) is 1. The van der Waals surface area contributed by atoms with E-state index in [-0.39, 0.29) is 24.5 Å². The van der Waals surface area contributed by atoms with E-state index in [0.717, 1.165) is 11.1 Å². The summed E-state index contributed by atoms with van der Waals surface area (Å²) in [5, 5.41) is 2.94. The quantitative estimate of drug-likeness (QED) is 0.652. The van der Waals surface area contributed by atoms with E-state index < -0.39 is 12.0 Å². The maximum atomic E-state index is 13.0. The topological polar surface area (TPSA) is 88.2 Å². The monoisotopic (exact) mass is 443 g/mol. The first-order chi connectivity index (χ1) is 15.3. The lowest BCUT2D eigenvalue weighted by molar-refractivity contribution is -0.149. The molecule has 0 saturated carbocycles. The number of piperidine rings is 1. The van der Waals surface area contributed by atoms with E-state index in [1.807, 2.05) is 38.1 Å². The van der Waals surface area contributed by atoms with Gasteiger partial charge >= 0.3 is 18.0 Å². The van der Waals surface area contributed by atoms with Crippen molar-refractivity contribution in [3.63, 3.8) is 0 Å². The molecule has 1 atom stereocenters. The van der Waals surface area contributed by atoms with Crippen molar-refractivity contribution in [2.45, 2.75) is 39.7 Å². The lowest BCUT2D eigenvalue weighted by Gasteiger charge is -2.38. The molecule has 174 valence electrons. The second-order valence-corrected chi connectivity index (χ2v) is 8.24. The van der Waals surface area contributed by atoms with Crippen molar-refractivity contribution < 1.29 is 23.9 Å². The van der Waals surface area contributed by atoms with Gasteiger partial charge in [-0.3, -0.25) is 14.6 Å². The van der Waals surface area contributed by atoms with Crippen molar-refractivity contribution in [1.82, 2.24) is 15.1 Å². The van der Waals surface area contributed by atoms with Crippen LogP contribution in [0.25, 0.3) is 0 Å². The molecule has 0 unspecified atom stereocenters. The first kappa shape index (κ1) is 23.8. The Labute approximate surface area is 189 Å². The van der Waals surface area contributed by atoms with Crippen LogP contribution < -0.4 is 5.32 Å². The second-order valence-electron chi connectivity index (χ2n) is 8.24. The van der Waals surface area contributed by atoms with Gasteiger partial charge in [0.2, 0.25) is 0 Å². The van der Waals surface area contributed by atoms with E-state index >= 15 is 0 Å². The molecule has 8 heteroatoms. The molecule has 0 aromatic heterocycles. The Kier molecular flexibility index (Phi) is 7.90. The van der Waals surface area contributed by atoms with Gasteiger partial charge < -0.3 is 14.8 Å². The zero-order valence-corrected chi connectivity index (χ0v) is 19.3. The van der Waals surface area contributed by atoms with Gasteiger partial charge in [0.05, 0.1) is 30.7 Å². The van der Waals surface area contributed by atoms with Gasteiger partial charge in [0.1, 0.15) is 0 Å². The van der Waals surface area contributed by atoms with Gasteiger partial charge in [-0.15, -0.1) is 0 Å². The van der Waals surface area contributed by atoms with Crippen molar-refractivity contribution in [3.05, 3.63) is 46.7 Å². The molecule has 1 fully saturated rings. The number of nitrogens with one attached hydrogen (secondary N) is 1. The lowest BCUT2D eigenvalue weighted by atomic mass is 9.93. The van der Waals surface area contributed by atoms with Crippen molar-refractivity contribution in [2.75, 3.05) is 39.9 Å². The van der Waals surface area contributed by atoms with Gasteiger partial charge in [0, 0.05) is 19.3 Å². The predicted octanol–water partition coefficient (Wildman–Crippen LogP) is 2.78. The van der Waals surface area contributed by atoms with E-state index in [1.165, 1.54) is 4.90 Å². The summed E-state index contributed by atoms with van der Waals surface area (Å²) < 4.78 is 10.5. The zero-order valence-electron chi connectivity index (χ0n) is 19.3. The maximum Gasteiger partial charge on any atom is 0.338 e. The Morgan fingerprint density at radius 1 is 1.06 bits per heavy atom. The van der Waals surface area contributed by atoms with Crippen molar-refractivity contribution in [2.24, 2.45) is 5.92 Å². The van der Waals surface area contributed by atoms with Gasteiger partial charge in [-0.05, 0) is 52.3 Å². The Hall–Kier alpha value is -2.87. The van der Waals surface area contributed by atoms with E-state index in [0.29, 0.717) is 50.4 Å². The minimum Gasteiger partial charge on any atom is -0.466 e. The Bertz CT molecular complexity index is 872. The number of esters is 2. The molecular formula is C24H33N3O5. The summed E-state index contributed by atoms with van der Waals surface area (Å²) in [6, 6.07) is 6.93. The smallest absolute Gasteiger partial charge is 0.338 e. The normalized spacial score (nSPS) is 20.2. The molecule has 1 N–H and O–H groups in total. The average Bonchev–Trinajstić information content (AvgIpc) is 2.78. The van der Waals surface area contributed by atoms with Crippen LogP contribution in [0.2, 0.25) is 0 Å². The molecule has 2 aliphatic rings. The molecule has 1 aromatic carbocycles. The predicted molar refractivity (Wildman–Crippen MR) is 120 cm³/mol. The highest BCUT2D eigenvalue weighted by atomic mass is 16.5. The molecule has 1 saturated heterocycles. The number of ether oxygens (including phenoxy) is 2. The Morgan fingerprint density at radius 2 is 1.69 bits per heavy atom. The molecule has 2 amide bonds. The minimum absolute atomic E-state index is 0.0996. The van der Waals surface area contributed by atoms with Crippen LogP contribution >= 0.6 is 0 Å². The molecular weight excluding hydrogens is 410 g/mol. The summed E-state index contributed by atoms with van der Waals surface area (Å²) in [6.07, 6.45) is 1.39. The van der Waals surface area contributed by atoms with Crippen LogP contribution in [0.15, 0.2) is 35.5 Å². The molecule has 2 aliphatic heterocycles. The number of carbonyl (C=O) groups excluding carboxylic acids is 3. The maximum absolute atomic E-state index is 13.0. The number of carbonyl (C=O) groups is 3. The van der Waals surface area contributed by atoms with E-state index in [4.69, 9.17) is 9.47 Å². The fourth-order valence-corrected chi connectivity index (χ4v) is 4.21. The van der Waals surface area contributed by atoms with Crippen LogP contribution in [0, 0.1) is 12.8 Å². The molecule has 1 aromatic rings. The van der Waals surface area contributed by atoms with Crippen LogP contribution in [-0.4, -0.2) is 67.7 Å². The van der Waals surface area contributed by atoms with Gasteiger partial charge in [-0.2, -0.15) is 0 Å². The minimum atomic E-state index is -0.578. The Morgan fingerprint density at radius 3 is 2.28 bits per heavy atom.